The van der Waals surface area contributed by atoms with Crippen molar-refractivity contribution in [1.29, 1.82) is 0 Å². The molecule has 0 aliphatic carbocycles. The minimum Gasteiger partial charge on any atom is -0.508 e. The Balaban J connectivity index is 1.21. The fraction of sp³-hybridized carbons (Fsp3) is 0.333. The van der Waals surface area contributed by atoms with Gasteiger partial charge in [-0.2, -0.15) is 0 Å². The van der Waals surface area contributed by atoms with Crippen LogP contribution in [0, 0.1) is 11.7 Å². The zero-order chi connectivity index (χ0) is 19.3. The van der Waals surface area contributed by atoms with Crippen molar-refractivity contribution in [3.05, 3.63) is 72.0 Å². The minimum atomic E-state index is -0.164. The summed E-state index contributed by atoms with van der Waals surface area (Å²) in [4.78, 5) is 2.46. The lowest BCUT2D eigenvalue weighted by molar-refractivity contribution is 0.155. The largest absolute Gasteiger partial charge is 0.508 e. The number of phenols is 1. The highest BCUT2D eigenvalue weighted by atomic mass is 19.1. The Bertz CT molecular complexity index is 918. The number of aromatic hydroxyl groups is 1. The van der Waals surface area contributed by atoms with Crippen LogP contribution in [-0.2, 0) is 6.42 Å². The summed E-state index contributed by atoms with van der Waals surface area (Å²) in [6, 6.07) is 18.2. The van der Waals surface area contributed by atoms with Crippen molar-refractivity contribution in [3.8, 4) is 11.5 Å². The van der Waals surface area contributed by atoms with Crippen molar-refractivity contribution in [3.63, 3.8) is 0 Å². The standard InChI is InChI=1S/C24H26FNO2/c25-22-5-1-18(2-6-22)15-19-9-11-26(12-10-19)13-14-28-24-8-4-20-16-23(27)7-3-21(20)17-24/h1-8,16-17,19,27H,9-15H2. The van der Waals surface area contributed by atoms with E-state index in [-0.39, 0.29) is 11.6 Å². The normalized spacial score (nSPS) is 15.8. The molecule has 1 fully saturated rings. The Morgan fingerprint density at radius 2 is 1.64 bits per heavy atom. The van der Waals surface area contributed by atoms with Crippen LogP contribution in [0.2, 0.25) is 0 Å². The number of hydrogen-bond acceptors (Lipinski definition) is 3. The summed E-state index contributed by atoms with van der Waals surface area (Å²) in [7, 11) is 0. The van der Waals surface area contributed by atoms with Gasteiger partial charge in [-0.15, -0.1) is 0 Å². The molecule has 3 nitrogen and oxygen atoms in total. The van der Waals surface area contributed by atoms with Crippen molar-refractivity contribution in [2.24, 2.45) is 5.92 Å². The molecule has 3 aromatic rings. The van der Waals surface area contributed by atoms with E-state index in [2.05, 4.69) is 4.90 Å². The maximum Gasteiger partial charge on any atom is 0.123 e. The third-order valence-electron chi connectivity index (χ3n) is 5.62. The third kappa shape index (κ3) is 4.82. The first-order chi connectivity index (χ1) is 13.7. The number of rotatable bonds is 6. The molecule has 1 saturated heterocycles. The summed E-state index contributed by atoms with van der Waals surface area (Å²) in [5, 5.41) is 11.6. The molecule has 1 N–H and O–H groups in total. The number of ether oxygens (including phenoxy) is 1. The van der Waals surface area contributed by atoms with Gasteiger partial charge in [0.1, 0.15) is 23.9 Å². The number of likely N-dealkylation sites (tertiary alicyclic amines) is 1. The van der Waals surface area contributed by atoms with Crippen LogP contribution in [0.4, 0.5) is 4.39 Å². The second-order valence-corrected chi connectivity index (χ2v) is 7.66. The van der Waals surface area contributed by atoms with E-state index in [0.29, 0.717) is 12.5 Å². The molecule has 28 heavy (non-hydrogen) atoms. The smallest absolute Gasteiger partial charge is 0.123 e. The molecule has 0 saturated carbocycles. The van der Waals surface area contributed by atoms with Gasteiger partial charge in [0.2, 0.25) is 0 Å². The lowest BCUT2D eigenvalue weighted by atomic mass is 9.90. The van der Waals surface area contributed by atoms with Crippen LogP contribution >= 0.6 is 0 Å². The van der Waals surface area contributed by atoms with Crippen LogP contribution in [0.5, 0.6) is 11.5 Å². The second-order valence-electron chi connectivity index (χ2n) is 7.66. The topological polar surface area (TPSA) is 32.7 Å². The predicted octanol–water partition coefficient (Wildman–Crippen LogP) is 5.02. The molecule has 3 aromatic carbocycles. The molecule has 0 unspecified atom stereocenters. The van der Waals surface area contributed by atoms with E-state index in [4.69, 9.17) is 4.74 Å². The number of halogens is 1. The first-order valence-corrected chi connectivity index (χ1v) is 9.98. The predicted molar refractivity (Wildman–Crippen MR) is 110 cm³/mol. The highest BCUT2D eigenvalue weighted by Gasteiger charge is 2.19. The number of nitrogens with zero attached hydrogens (tertiary/aromatic N) is 1. The quantitative estimate of drug-likeness (QED) is 0.653. The molecule has 0 amide bonds. The molecular formula is C24H26FNO2. The molecule has 0 spiro atoms. The van der Waals surface area contributed by atoms with Crippen LogP contribution in [0.25, 0.3) is 10.8 Å². The molecule has 0 atom stereocenters. The van der Waals surface area contributed by atoms with Gasteiger partial charge in [-0.05, 0) is 91.0 Å². The van der Waals surface area contributed by atoms with Crippen LogP contribution in [0.15, 0.2) is 60.7 Å². The monoisotopic (exact) mass is 379 g/mol. The Hall–Kier alpha value is -2.59. The highest BCUT2D eigenvalue weighted by molar-refractivity contribution is 5.85. The Morgan fingerprint density at radius 1 is 0.929 bits per heavy atom. The SMILES string of the molecule is Oc1ccc2cc(OCCN3CCC(Cc4ccc(F)cc4)CC3)ccc2c1. The molecule has 1 aliphatic rings. The summed E-state index contributed by atoms with van der Waals surface area (Å²) in [6.45, 7) is 3.78. The number of phenolic OH excluding ortho intramolecular Hbond substituents is 1. The van der Waals surface area contributed by atoms with Crippen molar-refractivity contribution >= 4 is 10.8 Å². The number of piperidine rings is 1. The molecule has 0 radical (unpaired) electrons. The van der Waals surface area contributed by atoms with Gasteiger partial charge in [0.15, 0.2) is 0 Å². The first kappa shape index (κ1) is 18.8. The number of hydrogen-bond donors (Lipinski definition) is 1. The highest BCUT2D eigenvalue weighted by Crippen LogP contribution is 2.25. The fourth-order valence-electron chi connectivity index (χ4n) is 3.96. The van der Waals surface area contributed by atoms with E-state index in [9.17, 15) is 9.50 Å². The van der Waals surface area contributed by atoms with Gasteiger partial charge in [-0.3, -0.25) is 4.90 Å². The van der Waals surface area contributed by atoms with Gasteiger partial charge in [-0.25, -0.2) is 4.39 Å². The summed E-state index contributed by atoms with van der Waals surface area (Å²) in [5.74, 6) is 1.66. The van der Waals surface area contributed by atoms with Gasteiger partial charge >= 0.3 is 0 Å². The Kier molecular flexibility index (Phi) is 5.77. The second kappa shape index (κ2) is 8.61. The van der Waals surface area contributed by atoms with Gasteiger partial charge in [0.05, 0.1) is 0 Å². The number of fused-ring (bicyclic) bond motifs is 1. The molecule has 0 bridgehead atoms. The maximum absolute atomic E-state index is 13.0. The molecule has 1 heterocycles. The van der Waals surface area contributed by atoms with E-state index >= 15 is 0 Å². The zero-order valence-corrected chi connectivity index (χ0v) is 16.0. The molecule has 4 heteroatoms. The summed E-state index contributed by atoms with van der Waals surface area (Å²) < 4.78 is 19.0. The van der Waals surface area contributed by atoms with E-state index < -0.39 is 0 Å². The van der Waals surface area contributed by atoms with Gasteiger partial charge in [0, 0.05) is 6.54 Å². The molecule has 4 rings (SSSR count). The molecule has 146 valence electrons. The minimum absolute atomic E-state index is 0.164. The molecular weight excluding hydrogens is 353 g/mol. The van der Waals surface area contributed by atoms with Crippen LogP contribution < -0.4 is 4.74 Å². The average Bonchev–Trinajstić information content (AvgIpc) is 2.71. The lowest BCUT2D eigenvalue weighted by Gasteiger charge is -2.31. The number of benzene rings is 3. The summed E-state index contributed by atoms with van der Waals surface area (Å²) in [6.07, 6.45) is 3.39. The summed E-state index contributed by atoms with van der Waals surface area (Å²) >= 11 is 0. The average molecular weight is 379 g/mol. The van der Waals surface area contributed by atoms with Crippen molar-refractivity contribution in [2.75, 3.05) is 26.2 Å². The summed E-state index contributed by atoms with van der Waals surface area (Å²) in [5.41, 5.74) is 1.23. The molecule has 1 aliphatic heterocycles. The maximum atomic E-state index is 13.0. The van der Waals surface area contributed by atoms with Crippen molar-refractivity contribution in [1.82, 2.24) is 4.90 Å². The first-order valence-electron chi connectivity index (χ1n) is 9.98. The van der Waals surface area contributed by atoms with E-state index in [1.54, 1.807) is 24.3 Å². The van der Waals surface area contributed by atoms with Gasteiger partial charge in [-0.1, -0.05) is 24.3 Å². The third-order valence-corrected chi connectivity index (χ3v) is 5.62. The lowest BCUT2D eigenvalue weighted by Crippen LogP contribution is -2.37. The van der Waals surface area contributed by atoms with Crippen molar-refractivity contribution < 1.29 is 14.2 Å². The van der Waals surface area contributed by atoms with E-state index in [1.165, 1.54) is 18.4 Å². The Labute approximate surface area is 165 Å². The Morgan fingerprint density at radius 3 is 2.43 bits per heavy atom. The van der Waals surface area contributed by atoms with E-state index in [1.807, 2.05) is 36.4 Å². The van der Waals surface area contributed by atoms with E-state index in [0.717, 1.165) is 42.6 Å². The molecule has 0 aromatic heterocycles. The van der Waals surface area contributed by atoms with Crippen LogP contribution in [0.3, 0.4) is 0 Å². The zero-order valence-electron chi connectivity index (χ0n) is 16.0. The van der Waals surface area contributed by atoms with Crippen molar-refractivity contribution in [2.45, 2.75) is 19.3 Å². The van der Waals surface area contributed by atoms with Gasteiger partial charge < -0.3 is 9.84 Å². The van der Waals surface area contributed by atoms with Crippen LogP contribution in [-0.4, -0.2) is 36.2 Å². The fourth-order valence-corrected chi connectivity index (χ4v) is 3.96. The van der Waals surface area contributed by atoms with Crippen LogP contribution in [0.1, 0.15) is 18.4 Å². The van der Waals surface area contributed by atoms with Gasteiger partial charge in [0.25, 0.3) is 0 Å².